The fraction of sp³-hybridized carbons (Fsp3) is 0.400. The van der Waals surface area contributed by atoms with Crippen molar-refractivity contribution in [3.05, 3.63) is 34.4 Å². The lowest BCUT2D eigenvalue weighted by Gasteiger charge is -2.38. The molecule has 88 valence electrons. The smallest absolute Gasteiger partial charge is 0.176 e. The summed E-state index contributed by atoms with van der Waals surface area (Å²) in [5.41, 5.74) is 3.49. The van der Waals surface area contributed by atoms with Crippen LogP contribution in [0.1, 0.15) is 11.6 Å². The highest BCUT2D eigenvalue weighted by Gasteiger charge is 2.46. The molecule has 0 bridgehead atoms. The molecule has 0 radical (unpaired) electrons. The molecule has 0 aromatic heterocycles. The first-order chi connectivity index (χ1) is 7.44. The first-order valence-electron chi connectivity index (χ1n) is 4.61. The summed E-state index contributed by atoms with van der Waals surface area (Å²) in [7, 11) is 0. The van der Waals surface area contributed by atoms with Crippen molar-refractivity contribution in [1.82, 2.24) is 0 Å². The Hall–Kier alpha value is -0.780. The highest BCUT2D eigenvalue weighted by atomic mass is 35.5. The van der Waals surface area contributed by atoms with Crippen molar-refractivity contribution in [1.29, 1.82) is 0 Å². The third-order valence-electron chi connectivity index (χ3n) is 2.62. The summed E-state index contributed by atoms with van der Waals surface area (Å²) in [6, 6.07) is 0.352. The summed E-state index contributed by atoms with van der Waals surface area (Å²) in [5, 5.41) is -0.355. The van der Waals surface area contributed by atoms with Crippen LogP contribution in [0.25, 0.3) is 0 Å². The monoisotopic (exact) mass is 251 g/mol. The van der Waals surface area contributed by atoms with Gasteiger partial charge in [0.25, 0.3) is 0 Å². The van der Waals surface area contributed by atoms with Crippen molar-refractivity contribution in [3.8, 4) is 0 Å². The van der Waals surface area contributed by atoms with Crippen molar-refractivity contribution in [2.45, 2.75) is 11.7 Å². The maximum Gasteiger partial charge on any atom is 0.176 e. The molecule has 1 aliphatic rings. The second kappa shape index (κ2) is 3.91. The fourth-order valence-corrected chi connectivity index (χ4v) is 1.68. The van der Waals surface area contributed by atoms with Gasteiger partial charge in [0.15, 0.2) is 5.67 Å². The van der Waals surface area contributed by atoms with Gasteiger partial charge in [-0.05, 0) is 12.1 Å². The van der Waals surface area contributed by atoms with Crippen LogP contribution in [-0.2, 0) is 4.74 Å². The van der Waals surface area contributed by atoms with Crippen LogP contribution < -0.4 is 5.73 Å². The summed E-state index contributed by atoms with van der Waals surface area (Å²) >= 11 is 5.38. The van der Waals surface area contributed by atoms with E-state index in [0.29, 0.717) is 0 Å². The van der Waals surface area contributed by atoms with Gasteiger partial charge in [-0.2, -0.15) is 0 Å². The number of hydrogen-bond acceptors (Lipinski definition) is 2. The summed E-state index contributed by atoms with van der Waals surface area (Å²) in [4.78, 5) is 0. The minimum Gasteiger partial charge on any atom is -0.374 e. The van der Waals surface area contributed by atoms with Gasteiger partial charge in [-0.15, -0.1) is 0 Å². The molecule has 6 heteroatoms. The number of halogens is 4. The van der Waals surface area contributed by atoms with E-state index in [1.165, 1.54) is 0 Å². The first kappa shape index (κ1) is 11.7. The van der Waals surface area contributed by atoms with Crippen molar-refractivity contribution >= 4 is 11.6 Å². The largest absolute Gasteiger partial charge is 0.374 e. The molecule has 1 aromatic rings. The lowest BCUT2D eigenvalue weighted by Crippen LogP contribution is -2.53. The zero-order valence-corrected chi connectivity index (χ0v) is 8.90. The highest BCUT2D eigenvalue weighted by molar-refractivity contribution is 6.30. The Morgan fingerprint density at radius 3 is 2.44 bits per heavy atom. The predicted octanol–water partition coefficient (Wildman–Crippen LogP) is 2.36. The van der Waals surface area contributed by atoms with Crippen LogP contribution in [0.2, 0.25) is 5.02 Å². The molecule has 2 N–H and O–H groups in total. The van der Waals surface area contributed by atoms with Gasteiger partial charge >= 0.3 is 0 Å². The normalized spacial score (nSPS) is 20.3. The number of alkyl halides is 1. The molecule has 0 saturated carbocycles. The number of nitrogens with two attached hydrogens (primary N) is 1. The second-order valence-corrected chi connectivity index (χ2v) is 4.20. The van der Waals surface area contributed by atoms with E-state index in [0.717, 1.165) is 12.1 Å². The van der Waals surface area contributed by atoms with Crippen molar-refractivity contribution in [3.63, 3.8) is 0 Å². The number of benzene rings is 1. The lowest BCUT2D eigenvalue weighted by atomic mass is 9.89. The highest BCUT2D eigenvalue weighted by Crippen LogP contribution is 2.36. The van der Waals surface area contributed by atoms with E-state index in [1.807, 2.05) is 0 Å². The van der Waals surface area contributed by atoms with Crippen molar-refractivity contribution < 1.29 is 17.9 Å². The van der Waals surface area contributed by atoms with E-state index >= 15 is 0 Å². The van der Waals surface area contributed by atoms with Crippen molar-refractivity contribution in [2.75, 3.05) is 13.2 Å². The summed E-state index contributed by atoms with van der Waals surface area (Å²) in [5.74, 6) is -1.64. The van der Waals surface area contributed by atoms with Crippen LogP contribution in [0.4, 0.5) is 13.2 Å². The van der Waals surface area contributed by atoms with Crippen LogP contribution in [0, 0.1) is 11.6 Å². The molecule has 1 atom stereocenters. The first-order valence-corrected chi connectivity index (χ1v) is 4.98. The fourth-order valence-electron chi connectivity index (χ4n) is 1.53. The Balaban J connectivity index is 2.36. The van der Waals surface area contributed by atoms with E-state index in [2.05, 4.69) is 4.74 Å². The zero-order chi connectivity index (χ0) is 11.9. The van der Waals surface area contributed by atoms with E-state index in [9.17, 15) is 13.2 Å². The molecule has 0 aliphatic carbocycles. The van der Waals surface area contributed by atoms with Gasteiger partial charge in [-0.25, -0.2) is 13.2 Å². The Labute approximate surface area is 95.1 Å². The molecule has 16 heavy (non-hydrogen) atoms. The van der Waals surface area contributed by atoms with E-state index < -0.39 is 23.3 Å². The van der Waals surface area contributed by atoms with Gasteiger partial charge < -0.3 is 10.5 Å². The topological polar surface area (TPSA) is 35.2 Å². The third-order valence-corrected chi connectivity index (χ3v) is 2.91. The number of hydrogen-bond donors (Lipinski definition) is 1. The molecule has 1 aliphatic heterocycles. The molecule has 0 amide bonds. The Kier molecular flexibility index (Phi) is 2.86. The van der Waals surface area contributed by atoms with E-state index in [4.69, 9.17) is 17.3 Å². The molecule has 1 aromatic carbocycles. The summed E-state index contributed by atoms with van der Waals surface area (Å²) in [6.45, 7) is -0.421. The van der Waals surface area contributed by atoms with Crippen LogP contribution in [0.15, 0.2) is 12.1 Å². The van der Waals surface area contributed by atoms with Gasteiger partial charge in [-0.1, -0.05) is 11.6 Å². The number of rotatable bonds is 2. The van der Waals surface area contributed by atoms with Crippen LogP contribution in [-0.4, -0.2) is 18.9 Å². The van der Waals surface area contributed by atoms with Gasteiger partial charge in [0.2, 0.25) is 0 Å². The predicted molar refractivity (Wildman–Crippen MR) is 53.0 cm³/mol. The average Bonchev–Trinajstić information content (AvgIpc) is 2.19. The van der Waals surface area contributed by atoms with E-state index in [1.54, 1.807) is 0 Å². The maximum atomic E-state index is 13.8. The SMILES string of the molecule is N[C@@H](c1cc(F)c(Cl)cc1F)C1(F)COC1. The minimum atomic E-state index is -1.83. The number of ether oxygens (including phenoxy) is 1. The van der Waals surface area contributed by atoms with Gasteiger partial charge in [-0.3, -0.25) is 0 Å². The summed E-state index contributed by atoms with van der Waals surface area (Å²) < 4.78 is 45.1. The van der Waals surface area contributed by atoms with Gasteiger partial charge in [0, 0.05) is 5.56 Å². The molecule has 1 heterocycles. The maximum absolute atomic E-state index is 13.8. The Morgan fingerprint density at radius 2 is 1.94 bits per heavy atom. The molecule has 1 saturated heterocycles. The quantitative estimate of drug-likeness (QED) is 0.819. The molecule has 0 unspecified atom stereocenters. The molecular formula is C10H9ClF3NO. The third kappa shape index (κ3) is 1.79. The van der Waals surface area contributed by atoms with Crippen LogP contribution >= 0.6 is 11.6 Å². The minimum absolute atomic E-state index is 0.210. The average molecular weight is 252 g/mol. The Bertz CT molecular complexity index is 423. The zero-order valence-electron chi connectivity index (χ0n) is 8.14. The molecule has 2 rings (SSSR count). The lowest BCUT2D eigenvalue weighted by molar-refractivity contribution is -0.143. The molecule has 1 fully saturated rings. The molecular weight excluding hydrogens is 243 g/mol. The standard InChI is InChI=1S/C10H9ClF3NO/c11-6-2-7(12)5(1-8(6)13)9(15)10(14)3-16-4-10/h1-2,9H,3-4,15H2/t9-/m0/s1. The van der Waals surface area contributed by atoms with Gasteiger partial charge in [0.05, 0.1) is 24.3 Å². The van der Waals surface area contributed by atoms with Crippen molar-refractivity contribution in [2.24, 2.45) is 5.73 Å². The van der Waals surface area contributed by atoms with E-state index in [-0.39, 0.29) is 23.8 Å². The van der Waals surface area contributed by atoms with Crippen LogP contribution in [0.5, 0.6) is 0 Å². The second-order valence-electron chi connectivity index (χ2n) is 3.79. The Morgan fingerprint density at radius 1 is 1.31 bits per heavy atom. The van der Waals surface area contributed by atoms with Gasteiger partial charge in [0.1, 0.15) is 11.6 Å². The van der Waals surface area contributed by atoms with Crippen LogP contribution in [0.3, 0.4) is 0 Å². The summed E-state index contributed by atoms with van der Waals surface area (Å²) in [6.07, 6.45) is 0. The molecule has 2 nitrogen and oxygen atoms in total. The molecule has 0 spiro atoms.